The number of allylic oxidation sites excluding steroid dienone is 3. The van der Waals surface area contributed by atoms with E-state index in [1.54, 1.807) is 0 Å². The molecular weight excluding hydrogens is 192 g/mol. The van der Waals surface area contributed by atoms with Crippen molar-refractivity contribution >= 4 is 11.8 Å². The topological polar surface area (TPSA) is 58.2 Å². The lowest BCUT2D eigenvalue weighted by atomic mass is 9.98. The first-order valence-corrected chi connectivity index (χ1v) is 5.12. The minimum atomic E-state index is -0.230. The van der Waals surface area contributed by atoms with Gasteiger partial charge in [-0.15, -0.1) is 0 Å². The van der Waals surface area contributed by atoms with Crippen LogP contribution in [0.1, 0.15) is 19.8 Å². The molecule has 0 aromatic carbocycles. The van der Waals surface area contributed by atoms with E-state index < -0.39 is 0 Å². The molecule has 4 heteroatoms. The van der Waals surface area contributed by atoms with Gasteiger partial charge >= 0.3 is 0 Å². The van der Waals surface area contributed by atoms with Crippen molar-refractivity contribution in [1.82, 2.24) is 10.6 Å². The van der Waals surface area contributed by atoms with Crippen LogP contribution in [0, 0.1) is 11.3 Å². The second kappa shape index (κ2) is 2.51. The molecule has 3 rings (SSSR count). The number of carbonyl (C=O) groups is 2. The van der Waals surface area contributed by atoms with Crippen molar-refractivity contribution in [2.75, 3.05) is 0 Å². The molecule has 0 bridgehead atoms. The summed E-state index contributed by atoms with van der Waals surface area (Å²) in [6, 6.07) is 0. The quantitative estimate of drug-likeness (QED) is 0.562. The molecule has 1 heterocycles. The van der Waals surface area contributed by atoms with E-state index in [1.807, 2.05) is 6.08 Å². The minimum absolute atomic E-state index is 0.0791. The average molecular weight is 204 g/mol. The fraction of sp³-hybridized carbons (Fsp3) is 0.455. The van der Waals surface area contributed by atoms with Crippen molar-refractivity contribution in [1.29, 1.82) is 0 Å². The van der Waals surface area contributed by atoms with E-state index in [0.29, 0.717) is 5.92 Å². The third kappa shape index (κ3) is 1.21. The van der Waals surface area contributed by atoms with Crippen LogP contribution >= 0.6 is 0 Å². The smallest absolute Gasteiger partial charge is 0.233 e. The van der Waals surface area contributed by atoms with Crippen LogP contribution in [0.3, 0.4) is 0 Å². The molecule has 1 saturated carbocycles. The Bertz CT molecular complexity index is 436. The Morgan fingerprint density at radius 1 is 1.33 bits per heavy atom. The fourth-order valence-corrected chi connectivity index (χ4v) is 2.35. The van der Waals surface area contributed by atoms with E-state index in [-0.39, 0.29) is 23.7 Å². The Hall–Kier alpha value is -1.58. The van der Waals surface area contributed by atoms with Gasteiger partial charge in [0.1, 0.15) is 6.42 Å². The van der Waals surface area contributed by atoms with E-state index in [2.05, 4.69) is 23.6 Å². The Balaban J connectivity index is 2.01. The molecule has 1 fully saturated rings. The average Bonchev–Trinajstić information content (AvgIpc) is 2.83. The van der Waals surface area contributed by atoms with Gasteiger partial charge in [0.15, 0.2) is 0 Å². The molecular formula is C11H12N2O2. The largest absolute Gasteiger partial charge is 0.327 e. The molecule has 0 saturated heterocycles. The van der Waals surface area contributed by atoms with Crippen LogP contribution in [-0.4, -0.2) is 11.8 Å². The van der Waals surface area contributed by atoms with Crippen LogP contribution in [0.25, 0.3) is 0 Å². The Morgan fingerprint density at radius 2 is 2.07 bits per heavy atom. The summed E-state index contributed by atoms with van der Waals surface area (Å²) >= 11 is 0. The van der Waals surface area contributed by atoms with E-state index in [4.69, 9.17) is 0 Å². The molecule has 1 aliphatic heterocycles. The second-order valence-corrected chi connectivity index (χ2v) is 4.70. The van der Waals surface area contributed by atoms with Crippen LogP contribution in [0.2, 0.25) is 0 Å². The number of amides is 2. The molecule has 4 nitrogen and oxygen atoms in total. The maximum absolute atomic E-state index is 11.4. The third-order valence-corrected chi connectivity index (χ3v) is 3.42. The number of nitrogens with one attached hydrogen (secondary N) is 2. The van der Waals surface area contributed by atoms with Gasteiger partial charge in [-0.1, -0.05) is 13.0 Å². The Labute approximate surface area is 87.4 Å². The number of hydrogen-bond acceptors (Lipinski definition) is 2. The predicted octanol–water partition coefficient (Wildman–Crippen LogP) is 0.430. The summed E-state index contributed by atoms with van der Waals surface area (Å²) in [4.78, 5) is 22.7. The van der Waals surface area contributed by atoms with Gasteiger partial charge in [-0.05, 0) is 17.9 Å². The summed E-state index contributed by atoms with van der Waals surface area (Å²) in [5, 5.41) is 5.59. The van der Waals surface area contributed by atoms with E-state index in [0.717, 1.165) is 17.8 Å². The molecule has 2 amide bonds. The highest BCUT2D eigenvalue weighted by Gasteiger charge is 2.53. The molecule has 2 N–H and O–H groups in total. The lowest BCUT2D eigenvalue weighted by Crippen LogP contribution is -2.25. The summed E-state index contributed by atoms with van der Waals surface area (Å²) in [5.41, 5.74) is 1.86. The van der Waals surface area contributed by atoms with E-state index in [1.165, 1.54) is 0 Å². The number of fused-ring (bicyclic) bond motifs is 2. The van der Waals surface area contributed by atoms with Gasteiger partial charge in [0.2, 0.25) is 11.8 Å². The van der Waals surface area contributed by atoms with Gasteiger partial charge in [0, 0.05) is 11.6 Å². The Morgan fingerprint density at radius 3 is 2.87 bits per heavy atom. The highest BCUT2D eigenvalue weighted by molar-refractivity contribution is 5.99. The zero-order valence-electron chi connectivity index (χ0n) is 8.46. The van der Waals surface area contributed by atoms with Crippen LogP contribution in [0.4, 0.5) is 0 Å². The molecule has 0 aromatic rings. The molecule has 15 heavy (non-hydrogen) atoms. The van der Waals surface area contributed by atoms with Crippen molar-refractivity contribution in [3.63, 3.8) is 0 Å². The van der Waals surface area contributed by atoms with Crippen molar-refractivity contribution in [3.8, 4) is 0 Å². The first-order valence-electron chi connectivity index (χ1n) is 5.12. The first-order chi connectivity index (χ1) is 7.08. The second-order valence-electron chi connectivity index (χ2n) is 4.70. The van der Waals surface area contributed by atoms with Gasteiger partial charge in [0.05, 0.1) is 5.70 Å². The van der Waals surface area contributed by atoms with Crippen molar-refractivity contribution in [3.05, 3.63) is 23.5 Å². The molecule has 2 unspecified atom stereocenters. The fourth-order valence-electron chi connectivity index (χ4n) is 2.35. The number of carbonyl (C=O) groups excluding carboxylic acids is 2. The maximum atomic E-state index is 11.4. The van der Waals surface area contributed by atoms with Gasteiger partial charge < -0.3 is 10.6 Å². The zero-order chi connectivity index (χ0) is 10.6. The van der Waals surface area contributed by atoms with Gasteiger partial charge in [-0.2, -0.15) is 0 Å². The minimum Gasteiger partial charge on any atom is -0.327 e. The maximum Gasteiger partial charge on any atom is 0.233 e. The standard InChI is InChI=1S/C11H12N2O2/c1-11-3-2-7-10(6(11)5-11)13-9(15)4-8(14)12-7/h2-3,6H,4-5H2,1H3,(H,12,14)(H,13,15). The van der Waals surface area contributed by atoms with Crippen LogP contribution < -0.4 is 10.6 Å². The summed E-state index contributed by atoms with van der Waals surface area (Å²) < 4.78 is 0. The number of hydrogen-bond donors (Lipinski definition) is 2. The highest BCUT2D eigenvalue weighted by Crippen LogP contribution is 2.59. The lowest BCUT2D eigenvalue weighted by molar-refractivity contribution is -0.127. The van der Waals surface area contributed by atoms with Gasteiger partial charge in [0.25, 0.3) is 0 Å². The molecule has 0 radical (unpaired) electrons. The van der Waals surface area contributed by atoms with Crippen LogP contribution in [0.15, 0.2) is 23.5 Å². The molecule has 0 aromatic heterocycles. The van der Waals surface area contributed by atoms with Crippen LogP contribution in [0.5, 0.6) is 0 Å². The summed E-state index contributed by atoms with van der Waals surface area (Å²) in [6.45, 7) is 2.16. The third-order valence-electron chi connectivity index (χ3n) is 3.42. The Kier molecular flexibility index (Phi) is 1.45. The molecule has 3 aliphatic rings. The molecule has 2 atom stereocenters. The van der Waals surface area contributed by atoms with Crippen molar-refractivity contribution in [2.24, 2.45) is 11.3 Å². The summed E-state index contributed by atoms with van der Waals surface area (Å²) in [7, 11) is 0. The van der Waals surface area contributed by atoms with E-state index >= 15 is 0 Å². The molecule has 78 valence electrons. The van der Waals surface area contributed by atoms with Crippen molar-refractivity contribution in [2.45, 2.75) is 19.8 Å². The zero-order valence-corrected chi connectivity index (χ0v) is 8.46. The number of rotatable bonds is 0. The summed E-state index contributed by atoms with van der Waals surface area (Å²) in [5.74, 6) is -0.0618. The molecule has 2 aliphatic carbocycles. The van der Waals surface area contributed by atoms with Crippen LogP contribution in [-0.2, 0) is 9.59 Å². The summed E-state index contributed by atoms with van der Waals surface area (Å²) in [6.07, 6.45) is 5.00. The highest BCUT2D eigenvalue weighted by atomic mass is 16.2. The van der Waals surface area contributed by atoms with Crippen molar-refractivity contribution < 1.29 is 9.59 Å². The lowest BCUT2D eigenvalue weighted by Gasteiger charge is -2.17. The molecule has 0 spiro atoms. The van der Waals surface area contributed by atoms with E-state index in [9.17, 15) is 9.59 Å². The predicted molar refractivity (Wildman–Crippen MR) is 53.3 cm³/mol. The SMILES string of the molecule is CC12C=CC3=C(NC(=O)CC(=O)N3)C1C2. The monoisotopic (exact) mass is 204 g/mol. The normalized spacial score (nSPS) is 37.5. The van der Waals surface area contributed by atoms with Gasteiger partial charge in [-0.25, -0.2) is 0 Å². The van der Waals surface area contributed by atoms with Gasteiger partial charge in [-0.3, -0.25) is 9.59 Å². The first kappa shape index (κ1) is 8.71.